The number of amides is 1. The molecular weight excluding hydrogens is 231 g/mol. The summed E-state index contributed by atoms with van der Waals surface area (Å²) in [7, 11) is 4.01. The van der Waals surface area contributed by atoms with Crippen LogP contribution in [-0.4, -0.2) is 48.9 Å². The summed E-state index contributed by atoms with van der Waals surface area (Å²) in [4.78, 5) is 16.1. The fourth-order valence-corrected chi connectivity index (χ4v) is 2.31. The summed E-state index contributed by atoms with van der Waals surface area (Å²) < 4.78 is 13.8. The van der Waals surface area contributed by atoms with Crippen LogP contribution in [0, 0.1) is 12.7 Å². The molecule has 98 valence electrons. The Hall–Kier alpha value is -1.42. The first-order chi connectivity index (χ1) is 8.49. The smallest absolute Gasteiger partial charge is 0.256 e. The van der Waals surface area contributed by atoms with Crippen LogP contribution >= 0.6 is 0 Å². The zero-order valence-corrected chi connectivity index (χ0v) is 11.1. The first kappa shape index (κ1) is 13.0. The third-order valence-corrected chi connectivity index (χ3v) is 3.54. The van der Waals surface area contributed by atoms with Crippen LogP contribution < -0.4 is 0 Å². The lowest BCUT2D eigenvalue weighted by atomic mass is 10.1. The van der Waals surface area contributed by atoms with Gasteiger partial charge in [0.25, 0.3) is 5.91 Å². The van der Waals surface area contributed by atoms with E-state index in [1.54, 1.807) is 17.0 Å². The maximum Gasteiger partial charge on any atom is 0.256 e. The van der Waals surface area contributed by atoms with Crippen molar-refractivity contribution >= 4 is 5.91 Å². The molecule has 1 aromatic rings. The van der Waals surface area contributed by atoms with Gasteiger partial charge >= 0.3 is 0 Å². The van der Waals surface area contributed by atoms with E-state index in [2.05, 4.69) is 4.90 Å². The molecule has 3 nitrogen and oxygen atoms in total. The third-order valence-electron chi connectivity index (χ3n) is 3.54. The van der Waals surface area contributed by atoms with Crippen molar-refractivity contribution in [1.29, 1.82) is 0 Å². The van der Waals surface area contributed by atoms with Crippen molar-refractivity contribution in [2.24, 2.45) is 0 Å². The van der Waals surface area contributed by atoms with Crippen LogP contribution in [0.25, 0.3) is 0 Å². The SMILES string of the molecule is Cc1ccc(C(=O)N2CCC(N(C)C)C2)c(F)c1. The molecule has 1 heterocycles. The molecule has 18 heavy (non-hydrogen) atoms. The maximum absolute atomic E-state index is 13.8. The normalized spacial score (nSPS) is 19.6. The summed E-state index contributed by atoms with van der Waals surface area (Å²) in [6, 6.07) is 5.14. The largest absolute Gasteiger partial charge is 0.337 e. The molecule has 1 aliphatic rings. The van der Waals surface area contributed by atoms with Gasteiger partial charge in [0.05, 0.1) is 5.56 Å². The van der Waals surface area contributed by atoms with Crippen molar-refractivity contribution in [2.45, 2.75) is 19.4 Å². The Morgan fingerprint density at radius 3 is 2.72 bits per heavy atom. The summed E-state index contributed by atoms with van der Waals surface area (Å²) in [6.45, 7) is 3.20. The van der Waals surface area contributed by atoms with Crippen molar-refractivity contribution < 1.29 is 9.18 Å². The Morgan fingerprint density at radius 1 is 1.44 bits per heavy atom. The standard InChI is InChI=1S/C14H19FN2O/c1-10-4-5-12(13(15)8-10)14(18)17-7-6-11(9-17)16(2)3/h4-5,8,11H,6-7,9H2,1-3H3. The van der Waals surface area contributed by atoms with Crippen molar-refractivity contribution in [2.75, 3.05) is 27.2 Å². The zero-order chi connectivity index (χ0) is 13.3. The topological polar surface area (TPSA) is 23.6 Å². The molecule has 1 aromatic carbocycles. The van der Waals surface area contributed by atoms with E-state index in [9.17, 15) is 9.18 Å². The average Bonchev–Trinajstić information content (AvgIpc) is 2.77. The van der Waals surface area contributed by atoms with Crippen LogP contribution in [0.2, 0.25) is 0 Å². The first-order valence-electron chi connectivity index (χ1n) is 6.21. The minimum absolute atomic E-state index is 0.181. The van der Waals surface area contributed by atoms with E-state index in [1.807, 2.05) is 21.0 Å². The number of likely N-dealkylation sites (tertiary alicyclic amines) is 1. The van der Waals surface area contributed by atoms with E-state index in [1.165, 1.54) is 6.07 Å². The van der Waals surface area contributed by atoms with Gasteiger partial charge in [0, 0.05) is 19.1 Å². The number of carbonyl (C=O) groups is 1. The highest BCUT2D eigenvalue weighted by Crippen LogP contribution is 2.18. The molecule has 0 saturated carbocycles. The van der Waals surface area contributed by atoms with E-state index in [-0.39, 0.29) is 11.5 Å². The molecule has 0 spiro atoms. The highest BCUT2D eigenvalue weighted by Gasteiger charge is 2.29. The van der Waals surface area contributed by atoms with Gasteiger partial charge in [0.2, 0.25) is 0 Å². The van der Waals surface area contributed by atoms with Crippen molar-refractivity contribution in [3.63, 3.8) is 0 Å². The Kier molecular flexibility index (Phi) is 3.66. The fraction of sp³-hybridized carbons (Fsp3) is 0.500. The van der Waals surface area contributed by atoms with Gasteiger partial charge in [0.1, 0.15) is 5.82 Å². The highest BCUT2D eigenvalue weighted by molar-refractivity contribution is 5.94. The number of likely N-dealkylation sites (N-methyl/N-ethyl adjacent to an activating group) is 1. The summed E-state index contributed by atoms with van der Waals surface area (Å²) >= 11 is 0. The number of hydrogen-bond donors (Lipinski definition) is 0. The minimum atomic E-state index is -0.423. The number of carbonyl (C=O) groups excluding carboxylic acids is 1. The highest BCUT2D eigenvalue weighted by atomic mass is 19.1. The fourth-order valence-electron chi connectivity index (χ4n) is 2.31. The molecule has 0 aliphatic carbocycles. The molecule has 1 atom stereocenters. The number of aryl methyl sites for hydroxylation is 1. The Morgan fingerprint density at radius 2 is 2.17 bits per heavy atom. The second-order valence-electron chi connectivity index (χ2n) is 5.14. The second kappa shape index (κ2) is 5.06. The van der Waals surface area contributed by atoms with Crippen LogP contribution in [-0.2, 0) is 0 Å². The minimum Gasteiger partial charge on any atom is -0.337 e. The number of benzene rings is 1. The summed E-state index contributed by atoms with van der Waals surface area (Å²) in [5.74, 6) is -0.620. The molecule has 2 rings (SSSR count). The van der Waals surface area contributed by atoms with Gasteiger partial charge in [-0.15, -0.1) is 0 Å². The molecule has 1 fully saturated rings. The van der Waals surface area contributed by atoms with E-state index in [0.717, 1.165) is 12.0 Å². The third kappa shape index (κ3) is 2.53. The number of halogens is 1. The lowest BCUT2D eigenvalue weighted by Gasteiger charge is -2.20. The van der Waals surface area contributed by atoms with E-state index in [4.69, 9.17) is 0 Å². The molecule has 1 amide bonds. The van der Waals surface area contributed by atoms with E-state index < -0.39 is 5.82 Å². The Balaban J connectivity index is 2.13. The van der Waals surface area contributed by atoms with Crippen LogP contribution in [0.5, 0.6) is 0 Å². The molecule has 0 aromatic heterocycles. The van der Waals surface area contributed by atoms with Crippen LogP contribution in [0.15, 0.2) is 18.2 Å². The van der Waals surface area contributed by atoms with Crippen LogP contribution in [0.1, 0.15) is 22.3 Å². The van der Waals surface area contributed by atoms with Gasteiger partial charge in [-0.2, -0.15) is 0 Å². The average molecular weight is 250 g/mol. The molecule has 1 saturated heterocycles. The van der Waals surface area contributed by atoms with Gasteiger partial charge < -0.3 is 9.80 Å². The molecule has 1 unspecified atom stereocenters. The Bertz CT molecular complexity index is 459. The summed E-state index contributed by atoms with van der Waals surface area (Å²) in [5, 5.41) is 0. The maximum atomic E-state index is 13.8. The predicted molar refractivity (Wildman–Crippen MR) is 69.1 cm³/mol. The summed E-state index contributed by atoms with van der Waals surface area (Å²) in [6.07, 6.45) is 0.951. The van der Waals surface area contributed by atoms with Crippen LogP contribution in [0.3, 0.4) is 0 Å². The molecular formula is C14H19FN2O. The van der Waals surface area contributed by atoms with E-state index >= 15 is 0 Å². The van der Waals surface area contributed by atoms with Gasteiger partial charge in [-0.3, -0.25) is 4.79 Å². The molecule has 4 heteroatoms. The van der Waals surface area contributed by atoms with Gasteiger partial charge in [-0.05, 0) is 45.1 Å². The first-order valence-corrected chi connectivity index (χ1v) is 6.21. The quantitative estimate of drug-likeness (QED) is 0.800. The van der Waals surface area contributed by atoms with Crippen LogP contribution in [0.4, 0.5) is 4.39 Å². The van der Waals surface area contributed by atoms with Crippen molar-refractivity contribution in [3.05, 3.63) is 35.1 Å². The molecule has 0 radical (unpaired) electrons. The Labute approximate surface area is 107 Å². The number of rotatable bonds is 2. The zero-order valence-electron chi connectivity index (χ0n) is 11.1. The number of nitrogens with zero attached hydrogens (tertiary/aromatic N) is 2. The number of hydrogen-bond acceptors (Lipinski definition) is 2. The van der Waals surface area contributed by atoms with Gasteiger partial charge in [-0.25, -0.2) is 4.39 Å². The second-order valence-corrected chi connectivity index (χ2v) is 5.14. The summed E-state index contributed by atoms with van der Waals surface area (Å²) in [5.41, 5.74) is 1.01. The van der Waals surface area contributed by atoms with Gasteiger partial charge in [-0.1, -0.05) is 6.07 Å². The molecule has 0 N–H and O–H groups in total. The lowest BCUT2D eigenvalue weighted by molar-refractivity contribution is 0.0778. The monoisotopic (exact) mass is 250 g/mol. The van der Waals surface area contributed by atoms with E-state index in [0.29, 0.717) is 19.1 Å². The predicted octanol–water partition coefficient (Wildman–Crippen LogP) is 1.91. The lowest BCUT2D eigenvalue weighted by Crippen LogP contribution is -2.34. The van der Waals surface area contributed by atoms with Crippen molar-refractivity contribution in [3.8, 4) is 0 Å². The van der Waals surface area contributed by atoms with Gasteiger partial charge in [0.15, 0.2) is 0 Å². The van der Waals surface area contributed by atoms with Crippen molar-refractivity contribution in [1.82, 2.24) is 9.80 Å². The molecule has 0 bridgehead atoms. The molecule has 1 aliphatic heterocycles.